The summed E-state index contributed by atoms with van der Waals surface area (Å²) in [6.07, 6.45) is 10.4. The SMILES string of the molecule is C=C/C=C1\C(c2ccc(-c3ccccc3)s2)=CC=C(c2ccc(-c3ccccc3)s2)C1=NSC. The van der Waals surface area contributed by atoms with Gasteiger partial charge < -0.3 is 0 Å². The molecule has 2 heterocycles. The lowest BCUT2D eigenvalue weighted by atomic mass is 9.88. The normalized spacial score (nSPS) is 15.9. The molecule has 0 radical (unpaired) electrons. The molecule has 0 aliphatic heterocycles. The van der Waals surface area contributed by atoms with Crippen LogP contribution in [-0.2, 0) is 0 Å². The highest BCUT2D eigenvalue weighted by molar-refractivity contribution is 7.97. The summed E-state index contributed by atoms with van der Waals surface area (Å²) in [6.45, 7) is 3.99. The highest BCUT2D eigenvalue weighted by atomic mass is 32.2. The summed E-state index contributed by atoms with van der Waals surface area (Å²) in [5.41, 5.74) is 6.93. The second-order valence-corrected chi connectivity index (χ2v) is 10.4. The van der Waals surface area contributed by atoms with E-state index in [0.717, 1.165) is 16.9 Å². The Bertz CT molecular complexity index is 1430. The van der Waals surface area contributed by atoms with Crippen LogP contribution in [-0.4, -0.2) is 12.0 Å². The zero-order chi connectivity index (χ0) is 23.3. The Balaban J connectivity index is 1.58. The molecule has 2 aromatic heterocycles. The van der Waals surface area contributed by atoms with Crippen LogP contribution in [0, 0.1) is 0 Å². The van der Waals surface area contributed by atoms with Gasteiger partial charge in [-0.05, 0) is 47.3 Å². The van der Waals surface area contributed by atoms with Gasteiger partial charge in [-0.15, -0.1) is 22.7 Å². The zero-order valence-electron chi connectivity index (χ0n) is 18.8. The Labute approximate surface area is 213 Å². The van der Waals surface area contributed by atoms with Gasteiger partial charge in [0.05, 0.1) is 5.71 Å². The molecule has 1 nitrogen and oxygen atoms in total. The molecular weight excluding hydrogens is 471 g/mol. The Kier molecular flexibility index (Phi) is 6.91. The predicted octanol–water partition coefficient (Wildman–Crippen LogP) is 9.46. The van der Waals surface area contributed by atoms with Crippen molar-refractivity contribution in [2.75, 3.05) is 6.26 Å². The summed E-state index contributed by atoms with van der Waals surface area (Å²) in [5, 5.41) is 0. The number of hydrogen-bond donors (Lipinski definition) is 0. The van der Waals surface area contributed by atoms with E-state index in [1.165, 1.54) is 48.2 Å². The first-order valence-corrected chi connectivity index (χ1v) is 13.8. The molecule has 0 N–H and O–H groups in total. The van der Waals surface area contributed by atoms with Crippen molar-refractivity contribution in [2.24, 2.45) is 4.40 Å². The molecule has 5 rings (SSSR count). The third kappa shape index (κ3) is 4.58. The molecule has 2 aromatic carbocycles. The molecule has 0 atom stereocenters. The minimum Gasteiger partial charge on any atom is -0.216 e. The smallest absolute Gasteiger partial charge is 0.0878 e. The van der Waals surface area contributed by atoms with E-state index in [4.69, 9.17) is 4.40 Å². The van der Waals surface area contributed by atoms with Crippen LogP contribution in [0.5, 0.6) is 0 Å². The van der Waals surface area contributed by atoms with Crippen LogP contribution in [0.15, 0.2) is 126 Å². The maximum Gasteiger partial charge on any atom is 0.0878 e. The molecule has 34 heavy (non-hydrogen) atoms. The maximum absolute atomic E-state index is 4.88. The largest absolute Gasteiger partial charge is 0.216 e. The number of benzene rings is 2. The van der Waals surface area contributed by atoms with Gasteiger partial charge in [0.1, 0.15) is 0 Å². The van der Waals surface area contributed by atoms with E-state index in [1.807, 2.05) is 23.7 Å². The summed E-state index contributed by atoms with van der Waals surface area (Å²) in [5.74, 6) is 0. The van der Waals surface area contributed by atoms with Crippen LogP contribution >= 0.6 is 34.6 Å². The molecule has 0 saturated carbocycles. The molecule has 0 unspecified atom stereocenters. The molecule has 0 bridgehead atoms. The van der Waals surface area contributed by atoms with E-state index in [9.17, 15) is 0 Å². The van der Waals surface area contributed by atoms with E-state index < -0.39 is 0 Å². The summed E-state index contributed by atoms with van der Waals surface area (Å²) < 4.78 is 4.88. The Morgan fingerprint density at radius 1 is 0.676 bits per heavy atom. The molecule has 1 aliphatic rings. The molecular formula is C30H23NS3. The van der Waals surface area contributed by atoms with Crippen molar-refractivity contribution in [3.05, 3.63) is 131 Å². The summed E-state index contributed by atoms with van der Waals surface area (Å²) in [7, 11) is 0. The molecule has 0 spiro atoms. The minimum absolute atomic E-state index is 1.00. The Morgan fingerprint density at radius 3 is 1.71 bits per heavy atom. The highest BCUT2D eigenvalue weighted by Gasteiger charge is 2.24. The first-order chi connectivity index (χ1) is 16.8. The first-order valence-electron chi connectivity index (χ1n) is 11.0. The number of hydrogen-bond acceptors (Lipinski definition) is 4. The summed E-state index contributed by atoms with van der Waals surface area (Å²) in [4.78, 5) is 4.97. The van der Waals surface area contributed by atoms with Gasteiger partial charge in [0.25, 0.3) is 0 Å². The van der Waals surface area contributed by atoms with Crippen LogP contribution in [0.1, 0.15) is 9.75 Å². The van der Waals surface area contributed by atoms with Crippen LogP contribution < -0.4 is 0 Å². The number of nitrogens with zero attached hydrogens (tertiary/aromatic N) is 1. The fourth-order valence-corrected chi connectivity index (χ4v) is 6.45. The molecule has 0 saturated heterocycles. The van der Waals surface area contributed by atoms with Crippen LogP contribution in [0.3, 0.4) is 0 Å². The van der Waals surface area contributed by atoms with E-state index in [1.54, 1.807) is 11.3 Å². The van der Waals surface area contributed by atoms with Gasteiger partial charge >= 0.3 is 0 Å². The molecule has 0 amide bonds. The van der Waals surface area contributed by atoms with Gasteiger partial charge in [-0.25, -0.2) is 4.40 Å². The van der Waals surface area contributed by atoms with E-state index in [-0.39, 0.29) is 0 Å². The van der Waals surface area contributed by atoms with E-state index in [2.05, 4.69) is 110 Å². The highest BCUT2D eigenvalue weighted by Crippen LogP contribution is 2.42. The number of allylic oxidation sites excluding steroid dienone is 7. The van der Waals surface area contributed by atoms with Crippen molar-refractivity contribution < 1.29 is 0 Å². The van der Waals surface area contributed by atoms with Crippen LogP contribution in [0.25, 0.3) is 32.0 Å². The molecule has 1 aliphatic carbocycles. The van der Waals surface area contributed by atoms with Gasteiger partial charge in [0, 0.05) is 42.5 Å². The number of rotatable bonds is 6. The quantitative estimate of drug-likeness (QED) is 0.244. The van der Waals surface area contributed by atoms with Crippen molar-refractivity contribution in [3.63, 3.8) is 0 Å². The van der Waals surface area contributed by atoms with Gasteiger partial charge in [-0.1, -0.05) is 91.5 Å². The fraction of sp³-hybridized carbons (Fsp3) is 0.0333. The first kappa shape index (κ1) is 22.6. The van der Waals surface area contributed by atoms with Crippen molar-refractivity contribution in [1.82, 2.24) is 0 Å². The predicted molar refractivity (Wildman–Crippen MR) is 155 cm³/mol. The monoisotopic (exact) mass is 493 g/mol. The average molecular weight is 494 g/mol. The van der Waals surface area contributed by atoms with E-state index >= 15 is 0 Å². The van der Waals surface area contributed by atoms with Gasteiger partial charge in [-0.2, -0.15) is 0 Å². The second-order valence-electron chi connectivity index (χ2n) is 7.66. The summed E-state index contributed by atoms with van der Waals surface area (Å²) in [6, 6.07) is 29.9. The molecule has 0 fully saturated rings. The van der Waals surface area contributed by atoms with Crippen LogP contribution in [0.2, 0.25) is 0 Å². The molecule has 166 valence electrons. The van der Waals surface area contributed by atoms with Crippen molar-refractivity contribution >= 4 is 51.5 Å². The topological polar surface area (TPSA) is 12.4 Å². The van der Waals surface area contributed by atoms with Crippen molar-refractivity contribution in [2.45, 2.75) is 0 Å². The third-order valence-electron chi connectivity index (χ3n) is 5.54. The standard InChI is InChI=1S/C30H23NS3/c1-3-10-24-23(28-19-17-26(33-28)21-11-6-4-7-12-21)15-16-25(30(24)31-32-2)29-20-18-27(34-29)22-13-8-5-9-14-22/h3-20H,1H2,2H3/b24-10+,31-30?. The van der Waals surface area contributed by atoms with Gasteiger partial charge in [0.2, 0.25) is 0 Å². The third-order valence-corrected chi connectivity index (χ3v) is 8.24. The minimum atomic E-state index is 1.00. The zero-order valence-corrected chi connectivity index (χ0v) is 21.2. The van der Waals surface area contributed by atoms with Crippen LogP contribution in [0.4, 0.5) is 0 Å². The Morgan fingerprint density at radius 2 is 1.18 bits per heavy atom. The molecule has 4 aromatic rings. The lowest BCUT2D eigenvalue weighted by Gasteiger charge is -2.19. The second kappa shape index (κ2) is 10.4. The molecule has 4 heteroatoms. The Hall–Kier alpha value is -3.18. The van der Waals surface area contributed by atoms with Gasteiger partial charge in [-0.3, -0.25) is 0 Å². The number of thiophene rings is 2. The van der Waals surface area contributed by atoms with Crippen molar-refractivity contribution in [3.8, 4) is 20.9 Å². The van der Waals surface area contributed by atoms with E-state index in [0.29, 0.717) is 0 Å². The average Bonchev–Trinajstić information content (AvgIpc) is 3.57. The summed E-state index contributed by atoms with van der Waals surface area (Å²) >= 11 is 5.10. The fourth-order valence-electron chi connectivity index (χ4n) is 3.98. The van der Waals surface area contributed by atoms with Gasteiger partial charge in [0.15, 0.2) is 0 Å². The van der Waals surface area contributed by atoms with Crippen molar-refractivity contribution in [1.29, 1.82) is 0 Å². The lowest BCUT2D eigenvalue weighted by molar-refractivity contribution is 1.66. The lowest BCUT2D eigenvalue weighted by Crippen LogP contribution is -2.10. The maximum atomic E-state index is 4.88.